The Morgan fingerprint density at radius 2 is 2.10 bits per heavy atom. The van der Waals surface area contributed by atoms with Crippen LogP contribution in [0.15, 0.2) is 18.2 Å². The first-order valence-electron chi connectivity index (χ1n) is 7.09. The van der Waals surface area contributed by atoms with Crippen molar-refractivity contribution in [3.8, 4) is 5.75 Å². The molecule has 2 N–H and O–H groups in total. The molecule has 21 heavy (non-hydrogen) atoms. The molecule has 0 aliphatic carbocycles. The van der Waals surface area contributed by atoms with Gasteiger partial charge in [-0.05, 0) is 26.8 Å². The summed E-state index contributed by atoms with van der Waals surface area (Å²) in [6, 6.07) is 5.85. The summed E-state index contributed by atoms with van der Waals surface area (Å²) in [4.78, 5) is 0. The predicted octanol–water partition coefficient (Wildman–Crippen LogP) is 3.42. The Balaban J connectivity index is 2.34. The molecule has 1 heterocycles. The van der Waals surface area contributed by atoms with Crippen molar-refractivity contribution in [2.75, 3.05) is 7.11 Å². The summed E-state index contributed by atoms with van der Waals surface area (Å²) in [6.07, 6.45) is 0.632. The molecule has 0 radical (unpaired) electrons. The topological polar surface area (TPSA) is 53.1 Å². The SMILES string of the molecule is CCn1nc(C)c(Cl)c1CC(N)c1cc(C)ccc1OC. The van der Waals surface area contributed by atoms with Crippen LogP contribution in [0, 0.1) is 13.8 Å². The smallest absolute Gasteiger partial charge is 0.123 e. The number of aromatic nitrogens is 2. The summed E-state index contributed by atoms with van der Waals surface area (Å²) in [5.74, 6) is 0.809. The zero-order valence-corrected chi connectivity index (χ0v) is 13.7. The lowest BCUT2D eigenvalue weighted by atomic mass is 9.99. The molecule has 2 rings (SSSR count). The molecule has 4 nitrogen and oxygen atoms in total. The van der Waals surface area contributed by atoms with Crippen LogP contribution in [0.5, 0.6) is 5.75 Å². The van der Waals surface area contributed by atoms with Gasteiger partial charge < -0.3 is 10.5 Å². The molecule has 1 unspecified atom stereocenters. The number of ether oxygens (including phenoxy) is 1. The van der Waals surface area contributed by atoms with Crippen LogP contribution in [-0.2, 0) is 13.0 Å². The minimum Gasteiger partial charge on any atom is -0.496 e. The lowest BCUT2D eigenvalue weighted by Gasteiger charge is -2.17. The van der Waals surface area contributed by atoms with Crippen LogP contribution >= 0.6 is 11.6 Å². The zero-order chi connectivity index (χ0) is 15.6. The molecule has 0 amide bonds. The lowest BCUT2D eigenvalue weighted by Crippen LogP contribution is -2.17. The van der Waals surface area contributed by atoms with Gasteiger partial charge in [0.1, 0.15) is 5.75 Å². The highest BCUT2D eigenvalue weighted by Crippen LogP contribution is 2.30. The summed E-state index contributed by atoms with van der Waals surface area (Å²) in [5, 5.41) is 5.14. The third-order valence-electron chi connectivity index (χ3n) is 3.65. The molecule has 1 aromatic heterocycles. The second-order valence-electron chi connectivity index (χ2n) is 5.22. The lowest BCUT2D eigenvalue weighted by molar-refractivity contribution is 0.404. The summed E-state index contributed by atoms with van der Waals surface area (Å²) < 4.78 is 7.33. The number of hydrogen-bond acceptors (Lipinski definition) is 3. The van der Waals surface area contributed by atoms with Gasteiger partial charge in [0.15, 0.2) is 0 Å². The van der Waals surface area contributed by atoms with Gasteiger partial charge in [-0.15, -0.1) is 0 Å². The number of hydrogen-bond donors (Lipinski definition) is 1. The van der Waals surface area contributed by atoms with Crippen molar-refractivity contribution in [2.45, 2.75) is 39.8 Å². The third-order valence-corrected chi connectivity index (χ3v) is 4.14. The summed E-state index contributed by atoms with van der Waals surface area (Å²) >= 11 is 6.36. The van der Waals surface area contributed by atoms with Crippen molar-refractivity contribution in [2.24, 2.45) is 5.73 Å². The van der Waals surface area contributed by atoms with Crippen LogP contribution in [0.4, 0.5) is 0 Å². The quantitative estimate of drug-likeness (QED) is 0.921. The van der Waals surface area contributed by atoms with Gasteiger partial charge in [0.25, 0.3) is 0 Å². The number of rotatable bonds is 5. The monoisotopic (exact) mass is 307 g/mol. The van der Waals surface area contributed by atoms with Crippen molar-refractivity contribution >= 4 is 11.6 Å². The second kappa shape index (κ2) is 6.50. The van der Waals surface area contributed by atoms with Crippen LogP contribution in [-0.4, -0.2) is 16.9 Å². The van der Waals surface area contributed by atoms with Crippen molar-refractivity contribution < 1.29 is 4.74 Å². The highest BCUT2D eigenvalue weighted by molar-refractivity contribution is 6.31. The fraction of sp³-hybridized carbons (Fsp3) is 0.438. The number of aryl methyl sites for hydroxylation is 3. The maximum atomic E-state index is 6.39. The molecule has 0 saturated heterocycles. The molecule has 2 aromatic rings. The van der Waals surface area contributed by atoms with Gasteiger partial charge in [-0.2, -0.15) is 5.10 Å². The van der Waals surface area contributed by atoms with Gasteiger partial charge in [0, 0.05) is 24.6 Å². The van der Waals surface area contributed by atoms with Gasteiger partial charge in [0.2, 0.25) is 0 Å². The van der Waals surface area contributed by atoms with E-state index in [0.717, 1.165) is 34.8 Å². The van der Waals surface area contributed by atoms with Crippen LogP contribution in [0.2, 0.25) is 5.02 Å². The van der Waals surface area contributed by atoms with Crippen LogP contribution in [0.3, 0.4) is 0 Å². The van der Waals surface area contributed by atoms with Gasteiger partial charge in [-0.3, -0.25) is 4.68 Å². The molecule has 0 bridgehead atoms. The Morgan fingerprint density at radius 3 is 2.71 bits per heavy atom. The molecule has 0 fully saturated rings. The summed E-state index contributed by atoms with van der Waals surface area (Å²) in [5.41, 5.74) is 10.4. The molecule has 0 saturated carbocycles. The van der Waals surface area contributed by atoms with E-state index in [9.17, 15) is 0 Å². The molecular weight excluding hydrogens is 286 g/mol. The van der Waals surface area contributed by atoms with Crippen molar-refractivity contribution in [3.05, 3.63) is 45.7 Å². The van der Waals surface area contributed by atoms with E-state index >= 15 is 0 Å². The van der Waals surface area contributed by atoms with Crippen LogP contribution < -0.4 is 10.5 Å². The van der Waals surface area contributed by atoms with Gasteiger partial charge >= 0.3 is 0 Å². The van der Waals surface area contributed by atoms with Crippen molar-refractivity contribution in [1.82, 2.24) is 9.78 Å². The van der Waals surface area contributed by atoms with Gasteiger partial charge in [-0.25, -0.2) is 0 Å². The average Bonchev–Trinajstić information content (AvgIpc) is 2.74. The van der Waals surface area contributed by atoms with E-state index in [4.69, 9.17) is 22.1 Å². The Labute approximate surface area is 130 Å². The standard InChI is InChI=1S/C16H22ClN3O/c1-5-20-14(16(17)11(3)19-20)9-13(18)12-8-10(2)6-7-15(12)21-4/h6-8,13H,5,9,18H2,1-4H3. The Bertz CT molecular complexity index is 637. The van der Waals surface area contributed by atoms with E-state index < -0.39 is 0 Å². The van der Waals surface area contributed by atoms with E-state index in [1.807, 2.05) is 37.6 Å². The molecule has 1 atom stereocenters. The normalized spacial score (nSPS) is 12.5. The van der Waals surface area contributed by atoms with Crippen LogP contribution in [0.25, 0.3) is 0 Å². The van der Waals surface area contributed by atoms with Crippen molar-refractivity contribution in [1.29, 1.82) is 0 Å². The molecule has 114 valence electrons. The Hall–Kier alpha value is -1.52. The predicted molar refractivity (Wildman–Crippen MR) is 86.0 cm³/mol. The van der Waals surface area contributed by atoms with Crippen LogP contribution in [0.1, 0.15) is 35.5 Å². The molecular formula is C16H22ClN3O. The number of benzene rings is 1. The van der Waals surface area contributed by atoms with Crippen molar-refractivity contribution in [3.63, 3.8) is 0 Å². The summed E-state index contributed by atoms with van der Waals surface area (Å²) in [6.45, 7) is 6.78. The fourth-order valence-corrected chi connectivity index (χ4v) is 2.74. The Kier molecular flexibility index (Phi) is 4.91. The van der Waals surface area contributed by atoms with E-state index in [2.05, 4.69) is 11.2 Å². The zero-order valence-electron chi connectivity index (χ0n) is 13.0. The highest BCUT2D eigenvalue weighted by Gasteiger charge is 2.19. The largest absolute Gasteiger partial charge is 0.496 e. The third kappa shape index (κ3) is 3.22. The number of nitrogens with two attached hydrogens (primary N) is 1. The maximum absolute atomic E-state index is 6.39. The fourth-order valence-electron chi connectivity index (χ4n) is 2.53. The van der Waals surface area contributed by atoms with Gasteiger partial charge in [0.05, 0.1) is 23.5 Å². The van der Waals surface area contributed by atoms with Gasteiger partial charge in [-0.1, -0.05) is 29.3 Å². The van der Waals surface area contributed by atoms with E-state index in [0.29, 0.717) is 11.4 Å². The molecule has 0 aliphatic heterocycles. The minimum absolute atomic E-state index is 0.182. The number of methoxy groups -OCH3 is 1. The number of halogens is 1. The number of nitrogens with zero attached hydrogens (tertiary/aromatic N) is 2. The first-order valence-corrected chi connectivity index (χ1v) is 7.47. The minimum atomic E-state index is -0.182. The van der Waals surface area contributed by atoms with E-state index in [1.54, 1.807) is 7.11 Å². The first kappa shape index (κ1) is 15.9. The molecule has 0 aliphatic rings. The first-order chi connectivity index (χ1) is 9.97. The Morgan fingerprint density at radius 1 is 1.38 bits per heavy atom. The molecule has 0 spiro atoms. The summed E-state index contributed by atoms with van der Waals surface area (Å²) in [7, 11) is 1.66. The van der Waals surface area contributed by atoms with E-state index in [1.165, 1.54) is 0 Å². The van der Waals surface area contributed by atoms with E-state index in [-0.39, 0.29) is 6.04 Å². The molecule has 1 aromatic carbocycles. The average molecular weight is 308 g/mol. The maximum Gasteiger partial charge on any atom is 0.123 e. The second-order valence-corrected chi connectivity index (χ2v) is 5.60. The highest BCUT2D eigenvalue weighted by atomic mass is 35.5. The molecule has 5 heteroatoms.